The maximum Gasteiger partial charge on any atom is 0.246 e. The van der Waals surface area contributed by atoms with Gasteiger partial charge in [-0.05, 0) is 64.6 Å². The van der Waals surface area contributed by atoms with E-state index in [0.717, 1.165) is 60.9 Å². The molecule has 5 rings (SSSR count). The van der Waals surface area contributed by atoms with Crippen molar-refractivity contribution in [1.82, 2.24) is 35.1 Å². The number of carbonyl (C=O) groups is 2. The summed E-state index contributed by atoms with van der Waals surface area (Å²) in [5.41, 5.74) is 3.54. The summed E-state index contributed by atoms with van der Waals surface area (Å²) in [4.78, 5) is 43.0. The number of likely N-dealkylation sites (N-methyl/N-ethyl adjacent to an activating group) is 1. The lowest BCUT2D eigenvalue weighted by Gasteiger charge is -2.35. The van der Waals surface area contributed by atoms with Crippen LogP contribution in [-0.2, 0) is 9.59 Å². The molecule has 2 aromatic heterocycles. The Bertz CT molecular complexity index is 1270. The second-order valence-corrected chi connectivity index (χ2v) is 10.4. The van der Waals surface area contributed by atoms with E-state index in [-0.39, 0.29) is 29.8 Å². The lowest BCUT2D eigenvalue weighted by Crippen LogP contribution is -2.55. The standard InChI is InChI=1S/C28H37N7O2/c1-18(29-3)27(36)33-25(20-10-5-4-6-11-20)28(37)34-15-9-14-23(34)26-24(16-30-19(2)32-26)35-17-31-21-12-7-8-13-22(21)35/h7-8,12-13,16-18,20,23,25,29H,4-6,9-11,14-15H2,1-3H3,(H,33,36). The fourth-order valence-corrected chi connectivity index (χ4v) is 5.81. The number of likely N-dealkylation sites (tertiary alicyclic amines) is 1. The molecule has 2 N–H and O–H groups in total. The first kappa shape index (κ1) is 25.3. The molecule has 3 unspecified atom stereocenters. The van der Waals surface area contributed by atoms with Gasteiger partial charge in [-0.15, -0.1) is 0 Å². The van der Waals surface area contributed by atoms with Gasteiger partial charge in [-0.25, -0.2) is 15.0 Å². The average Bonchev–Trinajstić information content (AvgIpc) is 3.59. The highest BCUT2D eigenvalue weighted by Gasteiger charge is 2.40. The Morgan fingerprint density at radius 2 is 1.84 bits per heavy atom. The Labute approximate surface area is 218 Å². The molecule has 0 bridgehead atoms. The predicted molar refractivity (Wildman–Crippen MR) is 142 cm³/mol. The molecular weight excluding hydrogens is 466 g/mol. The minimum atomic E-state index is -0.523. The molecule has 37 heavy (non-hydrogen) atoms. The second kappa shape index (κ2) is 11.0. The Morgan fingerprint density at radius 1 is 1.05 bits per heavy atom. The lowest BCUT2D eigenvalue weighted by molar-refractivity contribution is -0.139. The fourth-order valence-electron chi connectivity index (χ4n) is 5.81. The summed E-state index contributed by atoms with van der Waals surface area (Å²) in [6.45, 7) is 4.35. The summed E-state index contributed by atoms with van der Waals surface area (Å²) in [7, 11) is 1.76. The Morgan fingerprint density at radius 3 is 2.62 bits per heavy atom. The van der Waals surface area contributed by atoms with E-state index >= 15 is 0 Å². The zero-order valence-electron chi connectivity index (χ0n) is 22.0. The predicted octanol–water partition coefficient (Wildman–Crippen LogP) is 3.46. The number of nitrogens with one attached hydrogen (secondary N) is 2. The number of benzene rings is 1. The normalized spacial score (nSPS) is 20.2. The van der Waals surface area contributed by atoms with Crippen LogP contribution in [0.2, 0.25) is 0 Å². The van der Waals surface area contributed by atoms with Gasteiger partial charge in [0, 0.05) is 6.54 Å². The van der Waals surface area contributed by atoms with E-state index in [4.69, 9.17) is 4.98 Å². The summed E-state index contributed by atoms with van der Waals surface area (Å²) in [5, 5.41) is 6.12. The number of hydrogen-bond donors (Lipinski definition) is 2. The third-order valence-electron chi connectivity index (χ3n) is 7.99. The quantitative estimate of drug-likeness (QED) is 0.512. The molecule has 1 saturated heterocycles. The molecule has 1 aliphatic heterocycles. The number of imidazole rings is 1. The summed E-state index contributed by atoms with van der Waals surface area (Å²) < 4.78 is 2.01. The third kappa shape index (κ3) is 5.09. The zero-order chi connectivity index (χ0) is 25.9. The van der Waals surface area contributed by atoms with Crippen LogP contribution in [0.25, 0.3) is 16.7 Å². The van der Waals surface area contributed by atoms with Gasteiger partial charge in [-0.1, -0.05) is 31.4 Å². The number of carbonyl (C=O) groups excluding carboxylic acids is 2. The molecule has 1 aliphatic carbocycles. The molecule has 9 nitrogen and oxygen atoms in total. The smallest absolute Gasteiger partial charge is 0.246 e. The maximum atomic E-state index is 14.2. The van der Waals surface area contributed by atoms with E-state index in [9.17, 15) is 9.59 Å². The van der Waals surface area contributed by atoms with Crippen LogP contribution in [0.15, 0.2) is 36.8 Å². The second-order valence-electron chi connectivity index (χ2n) is 10.4. The van der Waals surface area contributed by atoms with Crippen LogP contribution in [-0.4, -0.2) is 61.9 Å². The third-order valence-corrected chi connectivity index (χ3v) is 7.99. The van der Waals surface area contributed by atoms with Crippen LogP contribution in [0, 0.1) is 12.8 Å². The first-order valence-electron chi connectivity index (χ1n) is 13.5. The summed E-state index contributed by atoms with van der Waals surface area (Å²) >= 11 is 0. The van der Waals surface area contributed by atoms with Crippen LogP contribution in [0.1, 0.15) is 69.4 Å². The van der Waals surface area contributed by atoms with Crippen molar-refractivity contribution in [3.63, 3.8) is 0 Å². The number of amides is 2. The number of rotatable bonds is 7. The first-order chi connectivity index (χ1) is 18.0. The molecule has 2 aliphatic rings. The van der Waals surface area contributed by atoms with Crippen molar-refractivity contribution in [3.05, 3.63) is 48.3 Å². The molecule has 3 heterocycles. The Balaban J connectivity index is 1.50. The summed E-state index contributed by atoms with van der Waals surface area (Å²) in [6, 6.07) is 6.90. The summed E-state index contributed by atoms with van der Waals surface area (Å²) in [6.07, 6.45) is 10.6. The van der Waals surface area contributed by atoms with Crippen molar-refractivity contribution >= 4 is 22.8 Å². The lowest BCUT2D eigenvalue weighted by atomic mass is 9.83. The molecule has 0 spiro atoms. The topological polar surface area (TPSA) is 105 Å². The van der Waals surface area contributed by atoms with Crippen LogP contribution in [0.4, 0.5) is 0 Å². The van der Waals surface area contributed by atoms with Gasteiger partial charge in [0.05, 0.1) is 40.7 Å². The van der Waals surface area contributed by atoms with Gasteiger partial charge in [0.25, 0.3) is 0 Å². The Hall–Kier alpha value is -3.33. The van der Waals surface area contributed by atoms with Gasteiger partial charge < -0.3 is 15.5 Å². The number of nitrogens with zero attached hydrogens (tertiary/aromatic N) is 5. The van der Waals surface area contributed by atoms with Gasteiger partial charge in [0.15, 0.2) is 0 Å². The Kier molecular flexibility index (Phi) is 7.50. The highest BCUT2D eigenvalue weighted by molar-refractivity contribution is 5.90. The van der Waals surface area contributed by atoms with Crippen molar-refractivity contribution in [2.45, 2.75) is 76.9 Å². The van der Waals surface area contributed by atoms with Crippen molar-refractivity contribution in [3.8, 4) is 5.69 Å². The number of aryl methyl sites for hydroxylation is 1. The van der Waals surface area contributed by atoms with E-state index in [1.165, 1.54) is 6.42 Å². The number of para-hydroxylation sites is 2. The zero-order valence-corrected chi connectivity index (χ0v) is 22.0. The van der Waals surface area contributed by atoms with E-state index in [1.54, 1.807) is 13.4 Å². The largest absolute Gasteiger partial charge is 0.343 e. The molecule has 2 amide bonds. The highest BCUT2D eigenvalue weighted by Crippen LogP contribution is 2.37. The molecule has 3 aromatic rings. The van der Waals surface area contributed by atoms with Crippen molar-refractivity contribution in [1.29, 1.82) is 0 Å². The van der Waals surface area contributed by atoms with Gasteiger partial charge in [-0.3, -0.25) is 14.2 Å². The number of hydrogen-bond acceptors (Lipinski definition) is 6. The van der Waals surface area contributed by atoms with Crippen LogP contribution in [0.3, 0.4) is 0 Å². The maximum absolute atomic E-state index is 14.2. The average molecular weight is 504 g/mol. The van der Waals surface area contributed by atoms with E-state index in [0.29, 0.717) is 12.4 Å². The highest BCUT2D eigenvalue weighted by atomic mass is 16.2. The molecule has 1 saturated carbocycles. The fraction of sp³-hybridized carbons (Fsp3) is 0.536. The van der Waals surface area contributed by atoms with Crippen molar-refractivity contribution in [2.75, 3.05) is 13.6 Å². The van der Waals surface area contributed by atoms with Crippen LogP contribution < -0.4 is 10.6 Å². The van der Waals surface area contributed by atoms with Gasteiger partial charge in [0.1, 0.15) is 18.2 Å². The molecule has 2 fully saturated rings. The van der Waals surface area contributed by atoms with Crippen molar-refractivity contribution < 1.29 is 9.59 Å². The molecule has 196 valence electrons. The minimum Gasteiger partial charge on any atom is -0.343 e. The van der Waals surface area contributed by atoms with Gasteiger partial charge >= 0.3 is 0 Å². The number of fused-ring (bicyclic) bond motifs is 1. The first-order valence-corrected chi connectivity index (χ1v) is 13.5. The van der Waals surface area contributed by atoms with E-state index < -0.39 is 6.04 Å². The van der Waals surface area contributed by atoms with Gasteiger partial charge in [-0.2, -0.15) is 0 Å². The molecule has 3 atom stereocenters. The number of aromatic nitrogens is 4. The molecule has 1 aromatic carbocycles. The van der Waals surface area contributed by atoms with E-state index in [1.807, 2.05) is 53.8 Å². The SMILES string of the molecule is CNC(C)C(=O)NC(C(=O)N1CCCC1c1nc(C)ncc1-n1cnc2ccccc21)C1CCCCC1. The van der Waals surface area contributed by atoms with E-state index in [2.05, 4.69) is 20.6 Å². The van der Waals surface area contributed by atoms with Crippen LogP contribution >= 0.6 is 0 Å². The van der Waals surface area contributed by atoms with Crippen LogP contribution in [0.5, 0.6) is 0 Å². The molecular formula is C28H37N7O2. The summed E-state index contributed by atoms with van der Waals surface area (Å²) in [5.74, 6) is 0.691. The van der Waals surface area contributed by atoms with Crippen molar-refractivity contribution in [2.24, 2.45) is 5.92 Å². The minimum absolute atomic E-state index is 0.00348. The molecule has 0 radical (unpaired) electrons. The van der Waals surface area contributed by atoms with Gasteiger partial charge in [0.2, 0.25) is 11.8 Å². The molecule has 9 heteroatoms. The monoisotopic (exact) mass is 503 g/mol.